The van der Waals surface area contributed by atoms with Gasteiger partial charge in [-0.05, 0) is 54.1 Å². The Labute approximate surface area is 181 Å². The van der Waals surface area contributed by atoms with Crippen LogP contribution in [-0.2, 0) is 6.54 Å². The zero-order valence-corrected chi connectivity index (χ0v) is 16.9. The summed E-state index contributed by atoms with van der Waals surface area (Å²) in [7, 11) is 0. The normalized spacial score (nSPS) is 11.2. The van der Waals surface area contributed by atoms with Gasteiger partial charge >= 0.3 is 6.03 Å². The fourth-order valence-corrected chi connectivity index (χ4v) is 3.84. The van der Waals surface area contributed by atoms with Crippen LogP contribution in [0, 0.1) is 5.82 Å². The number of aromatic amines is 1. The highest BCUT2D eigenvalue weighted by atomic mass is 35.5. The number of halogens is 2. The second kappa shape index (κ2) is 7.77. The molecule has 3 aromatic heterocycles. The van der Waals surface area contributed by atoms with Crippen molar-refractivity contribution in [2.45, 2.75) is 6.54 Å². The van der Waals surface area contributed by atoms with Crippen LogP contribution in [-0.4, -0.2) is 20.6 Å². The lowest BCUT2D eigenvalue weighted by molar-refractivity contribution is 0.262. The van der Waals surface area contributed by atoms with Crippen molar-refractivity contribution in [2.75, 3.05) is 10.6 Å². The van der Waals surface area contributed by atoms with Crippen LogP contribution in [0.4, 0.5) is 20.6 Å². The van der Waals surface area contributed by atoms with E-state index in [9.17, 15) is 9.18 Å². The van der Waals surface area contributed by atoms with Crippen LogP contribution < -0.4 is 10.6 Å². The van der Waals surface area contributed by atoms with Gasteiger partial charge in [-0.1, -0.05) is 17.7 Å². The van der Waals surface area contributed by atoms with E-state index < -0.39 is 11.8 Å². The number of nitrogens with one attached hydrogen (secondary N) is 3. The topological polar surface area (TPSA) is 74.7 Å². The summed E-state index contributed by atoms with van der Waals surface area (Å²) in [4.78, 5) is 19.9. The third-order valence-electron chi connectivity index (χ3n) is 5.13. The molecule has 154 valence electrons. The molecule has 0 saturated carbocycles. The summed E-state index contributed by atoms with van der Waals surface area (Å²) in [6, 6.07) is 15.2. The average Bonchev–Trinajstić information content (AvgIpc) is 3.39. The maximum atomic E-state index is 14.0. The standard InChI is InChI=1S/C23H17ClFN5O/c24-15-4-5-20(18(25)12-15)29-23(31)28-19-2-1-3-21-17(19)8-11-30(21)13-14-6-9-26-22-16(14)7-10-27-22/h1-12H,13H2,(H,26,27)(H2,28,29,31). The molecule has 3 heterocycles. The molecule has 5 aromatic rings. The van der Waals surface area contributed by atoms with E-state index in [2.05, 4.69) is 25.2 Å². The van der Waals surface area contributed by atoms with Crippen LogP contribution in [0.2, 0.25) is 5.02 Å². The van der Waals surface area contributed by atoms with E-state index in [1.807, 2.05) is 42.7 Å². The first-order valence-corrected chi connectivity index (χ1v) is 9.98. The maximum absolute atomic E-state index is 14.0. The number of carbonyl (C=O) groups is 1. The minimum Gasteiger partial charge on any atom is -0.346 e. The van der Waals surface area contributed by atoms with Crippen LogP contribution >= 0.6 is 11.6 Å². The molecule has 0 aliphatic carbocycles. The number of hydrogen-bond donors (Lipinski definition) is 3. The highest BCUT2D eigenvalue weighted by molar-refractivity contribution is 6.30. The van der Waals surface area contributed by atoms with E-state index in [-0.39, 0.29) is 10.7 Å². The maximum Gasteiger partial charge on any atom is 0.323 e. The summed E-state index contributed by atoms with van der Waals surface area (Å²) in [5.74, 6) is -0.597. The highest BCUT2D eigenvalue weighted by Crippen LogP contribution is 2.27. The van der Waals surface area contributed by atoms with E-state index in [0.29, 0.717) is 12.2 Å². The molecule has 0 atom stereocenters. The lowest BCUT2D eigenvalue weighted by Crippen LogP contribution is -2.20. The van der Waals surface area contributed by atoms with Gasteiger partial charge in [0.25, 0.3) is 0 Å². The van der Waals surface area contributed by atoms with Gasteiger partial charge in [0, 0.05) is 40.9 Å². The number of nitrogens with zero attached hydrogens (tertiary/aromatic N) is 2. The van der Waals surface area contributed by atoms with Crippen molar-refractivity contribution in [3.05, 3.63) is 89.6 Å². The van der Waals surface area contributed by atoms with Gasteiger partial charge in [0.05, 0.1) is 16.9 Å². The summed E-state index contributed by atoms with van der Waals surface area (Å²) < 4.78 is 16.1. The largest absolute Gasteiger partial charge is 0.346 e. The zero-order valence-electron chi connectivity index (χ0n) is 16.2. The molecule has 6 nitrogen and oxygen atoms in total. The number of urea groups is 1. The number of benzene rings is 2. The number of fused-ring (bicyclic) bond motifs is 2. The molecular formula is C23H17ClFN5O. The Kier molecular flexibility index (Phi) is 4.80. The number of hydrogen-bond acceptors (Lipinski definition) is 2. The molecule has 0 radical (unpaired) electrons. The molecule has 3 N–H and O–H groups in total. The predicted octanol–water partition coefficient (Wildman–Crippen LogP) is 6.00. The van der Waals surface area contributed by atoms with E-state index >= 15 is 0 Å². The number of aromatic nitrogens is 3. The van der Waals surface area contributed by atoms with Gasteiger partial charge in [-0.15, -0.1) is 0 Å². The van der Waals surface area contributed by atoms with Crippen LogP contribution in [0.15, 0.2) is 73.2 Å². The van der Waals surface area contributed by atoms with Crippen molar-refractivity contribution < 1.29 is 9.18 Å². The van der Waals surface area contributed by atoms with Gasteiger partial charge in [-0.25, -0.2) is 14.2 Å². The van der Waals surface area contributed by atoms with Gasteiger partial charge in [-0.3, -0.25) is 0 Å². The van der Waals surface area contributed by atoms with Crippen molar-refractivity contribution in [1.82, 2.24) is 14.5 Å². The molecule has 0 saturated heterocycles. The second-order valence-electron chi connectivity index (χ2n) is 7.10. The molecule has 5 rings (SSSR count). The fraction of sp³-hybridized carbons (Fsp3) is 0.0435. The number of carbonyl (C=O) groups excluding carboxylic acids is 1. The predicted molar refractivity (Wildman–Crippen MR) is 121 cm³/mol. The highest BCUT2D eigenvalue weighted by Gasteiger charge is 2.12. The number of rotatable bonds is 4. The minimum absolute atomic E-state index is 0.0554. The SMILES string of the molecule is O=C(Nc1ccc(Cl)cc1F)Nc1cccc2c1ccn2Cc1ccnc2[nH]ccc12. The van der Waals surface area contributed by atoms with Crippen molar-refractivity contribution in [2.24, 2.45) is 0 Å². The summed E-state index contributed by atoms with van der Waals surface area (Å²) in [5, 5.41) is 7.53. The van der Waals surface area contributed by atoms with Crippen molar-refractivity contribution in [1.29, 1.82) is 0 Å². The smallest absolute Gasteiger partial charge is 0.323 e. The molecule has 8 heteroatoms. The monoisotopic (exact) mass is 433 g/mol. The van der Waals surface area contributed by atoms with E-state index in [1.54, 1.807) is 12.3 Å². The molecule has 0 spiro atoms. The summed E-state index contributed by atoms with van der Waals surface area (Å²) in [5.41, 5.74) is 3.64. The Hall–Kier alpha value is -3.84. The van der Waals surface area contributed by atoms with Gasteiger partial charge in [0.1, 0.15) is 11.5 Å². The molecule has 0 fully saturated rings. The summed E-state index contributed by atoms with van der Waals surface area (Å²) >= 11 is 5.76. The Morgan fingerprint density at radius 1 is 1.06 bits per heavy atom. The quantitative estimate of drug-likeness (QED) is 0.325. The number of anilines is 2. The lowest BCUT2D eigenvalue weighted by Gasteiger charge is -2.11. The van der Waals surface area contributed by atoms with Crippen molar-refractivity contribution in [3.8, 4) is 0 Å². The van der Waals surface area contributed by atoms with Crippen molar-refractivity contribution >= 4 is 50.9 Å². The zero-order chi connectivity index (χ0) is 21.4. The lowest BCUT2D eigenvalue weighted by atomic mass is 10.2. The van der Waals surface area contributed by atoms with Crippen LogP contribution in [0.1, 0.15) is 5.56 Å². The number of H-pyrrole nitrogens is 1. The first-order chi connectivity index (χ1) is 15.1. The Balaban J connectivity index is 1.40. The van der Waals surface area contributed by atoms with E-state index in [0.717, 1.165) is 33.6 Å². The van der Waals surface area contributed by atoms with E-state index in [4.69, 9.17) is 11.6 Å². The molecule has 0 unspecified atom stereocenters. The third-order valence-corrected chi connectivity index (χ3v) is 5.37. The van der Waals surface area contributed by atoms with Gasteiger partial charge in [0.2, 0.25) is 0 Å². The van der Waals surface area contributed by atoms with Gasteiger partial charge < -0.3 is 20.2 Å². The van der Waals surface area contributed by atoms with Crippen molar-refractivity contribution in [3.63, 3.8) is 0 Å². The average molecular weight is 434 g/mol. The second-order valence-corrected chi connectivity index (χ2v) is 7.53. The molecule has 0 aliphatic rings. The van der Waals surface area contributed by atoms with Crippen LogP contribution in [0.5, 0.6) is 0 Å². The first kappa shape index (κ1) is 19.1. The first-order valence-electron chi connectivity index (χ1n) is 9.60. The third kappa shape index (κ3) is 3.71. The van der Waals surface area contributed by atoms with E-state index in [1.165, 1.54) is 12.1 Å². The molecule has 2 amide bonds. The molecule has 2 aromatic carbocycles. The summed E-state index contributed by atoms with van der Waals surface area (Å²) in [6.45, 7) is 0.659. The Bertz CT molecular complexity index is 1420. The number of amides is 2. The molecule has 0 aliphatic heterocycles. The minimum atomic E-state index is -0.597. The van der Waals surface area contributed by atoms with Crippen LogP contribution in [0.25, 0.3) is 21.9 Å². The molecule has 0 bridgehead atoms. The van der Waals surface area contributed by atoms with Gasteiger partial charge in [-0.2, -0.15) is 0 Å². The van der Waals surface area contributed by atoms with Gasteiger partial charge in [0.15, 0.2) is 0 Å². The summed E-state index contributed by atoms with van der Waals surface area (Å²) in [6.07, 6.45) is 5.64. The fourth-order valence-electron chi connectivity index (χ4n) is 3.68. The Morgan fingerprint density at radius 2 is 1.94 bits per heavy atom. The van der Waals surface area contributed by atoms with Crippen LogP contribution in [0.3, 0.4) is 0 Å². The molecular weight excluding hydrogens is 417 g/mol. The number of pyridine rings is 1. The molecule has 31 heavy (non-hydrogen) atoms. The Morgan fingerprint density at radius 3 is 2.81 bits per heavy atom.